The second-order valence-corrected chi connectivity index (χ2v) is 8.54. The van der Waals surface area contributed by atoms with E-state index in [4.69, 9.17) is 16.3 Å². The Morgan fingerprint density at radius 1 is 1.33 bits per heavy atom. The normalized spacial score (nSPS) is 18.6. The quantitative estimate of drug-likeness (QED) is 0.608. The van der Waals surface area contributed by atoms with Gasteiger partial charge in [0.2, 0.25) is 0 Å². The van der Waals surface area contributed by atoms with Gasteiger partial charge in [0.1, 0.15) is 10.8 Å². The molecular formula is C20H24ClF3N4O2. The van der Waals surface area contributed by atoms with Crippen LogP contribution in [-0.2, 0) is 4.74 Å². The molecule has 0 amide bonds. The Labute approximate surface area is 177 Å². The van der Waals surface area contributed by atoms with E-state index in [2.05, 4.69) is 15.4 Å². The fraction of sp³-hybridized carbons (Fsp3) is 0.550. The van der Waals surface area contributed by atoms with Crippen molar-refractivity contribution in [3.8, 4) is 11.3 Å². The maximum absolute atomic E-state index is 12.9. The molecule has 0 saturated heterocycles. The number of pyridine rings is 1. The topological polar surface area (TPSA) is 69.0 Å². The number of hydrogen-bond donors (Lipinski definition) is 1. The number of ether oxygens (including phenoxy) is 1. The lowest BCUT2D eigenvalue weighted by Gasteiger charge is -2.32. The van der Waals surface area contributed by atoms with Crippen molar-refractivity contribution in [3.63, 3.8) is 0 Å². The highest BCUT2D eigenvalue weighted by molar-refractivity contribution is 6.36. The number of halogens is 4. The van der Waals surface area contributed by atoms with Crippen LogP contribution in [0.15, 0.2) is 12.3 Å². The smallest absolute Gasteiger partial charge is 0.391 e. The second kappa shape index (κ2) is 7.76. The van der Waals surface area contributed by atoms with Crippen LogP contribution < -0.4 is 5.32 Å². The van der Waals surface area contributed by atoms with Crippen molar-refractivity contribution < 1.29 is 22.7 Å². The Balaban J connectivity index is 2.02. The van der Waals surface area contributed by atoms with Crippen molar-refractivity contribution in [2.45, 2.75) is 64.7 Å². The Hall–Kier alpha value is -2.29. The molecule has 0 fully saturated rings. The summed E-state index contributed by atoms with van der Waals surface area (Å²) in [5.74, 6) is -0.296. The molecule has 2 aromatic heterocycles. The number of carbonyl (C=O) groups excluding carboxylic acids is 1. The van der Waals surface area contributed by atoms with Crippen LogP contribution >= 0.6 is 11.6 Å². The van der Waals surface area contributed by atoms with Crippen molar-refractivity contribution in [3.05, 3.63) is 28.5 Å². The molecule has 3 rings (SSSR count). The van der Waals surface area contributed by atoms with Gasteiger partial charge in [-0.3, -0.25) is 4.68 Å². The third kappa shape index (κ3) is 4.26. The van der Waals surface area contributed by atoms with Gasteiger partial charge in [0, 0.05) is 23.2 Å². The van der Waals surface area contributed by atoms with Crippen LogP contribution in [0.5, 0.6) is 0 Å². The summed E-state index contributed by atoms with van der Waals surface area (Å²) >= 11 is 6.48. The van der Waals surface area contributed by atoms with Gasteiger partial charge >= 0.3 is 12.1 Å². The zero-order valence-corrected chi connectivity index (χ0v) is 18.1. The third-order valence-corrected chi connectivity index (χ3v) is 5.58. The second-order valence-electron chi connectivity index (χ2n) is 8.16. The molecule has 2 unspecified atom stereocenters. The van der Waals surface area contributed by atoms with Gasteiger partial charge in [-0.2, -0.15) is 18.3 Å². The van der Waals surface area contributed by atoms with Crippen molar-refractivity contribution in [1.29, 1.82) is 0 Å². The van der Waals surface area contributed by atoms with Crippen molar-refractivity contribution >= 4 is 23.4 Å². The highest BCUT2D eigenvalue weighted by atomic mass is 35.5. The van der Waals surface area contributed by atoms with Crippen LogP contribution in [0.1, 0.15) is 69.1 Å². The Morgan fingerprint density at radius 3 is 2.60 bits per heavy atom. The molecule has 3 heterocycles. The van der Waals surface area contributed by atoms with Crippen molar-refractivity contribution in [2.75, 3.05) is 11.9 Å². The molecule has 6 nitrogen and oxygen atoms in total. The molecule has 1 N–H and O–H groups in total. The van der Waals surface area contributed by atoms with Gasteiger partial charge in [-0.05, 0) is 39.3 Å². The van der Waals surface area contributed by atoms with Crippen LogP contribution in [-0.4, -0.2) is 39.1 Å². The number of rotatable bonds is 5. The third-order valence-electron chi connectivity index (χ3n) is 5.22. The first-order chi connectivity index (χ1) is 13.8. The van der Waals surface area contributed by atoms with E-state index in [1.165, 1.54) is 13.8 Å². The largest absolute Gasteiger partial charge is 0.461 e. The summed E-state index contributed by atoms with van der Waals surface area (Å²) in [6.07, 6.45) is -3.74. The molecule has 0 radical (unpaired) electrons. The number of nitrogens with one attached hydrogen (secondary N) is 1. The molecule has 0 spiro atoms. The number of aromatic nitrogens is 3. The summed E-state index contributed by atoms with van der Waals surface area (Å²) in [6, 6.07) is 1.61. The lowest BCUT2D eigenvalue weighted by molar-refractivity contribution is -0.142. The molecule has 1 aliphatic heterocycles. The van der Waals surface area contributed by atoms with E-state index in [1.54, 1.807) is 23.9 Å². The van der Waals surface area contributed by atoms with Gasteiger partial charge in [-0.25, -0.2) is 9.78 Å². The van der Waals surface area contributed by atoms with E-state index < -0.39 is 24.1 Å². The molecule has 0 saturated carbocycles. The standard InChI is InChI=1S/C20H24ClF3N4O2/c1-6-30-18(29)16-15(21)17-13-8-25-14(26-19(4,5)9-20(22,23)24)7-12(13)10(2)11(3)28(17)27-16/h7-8,10-11H,6,9H2,1-5H3,(H,25,26). The highest BCUT2D eigenvalue weighted by Gasteiger charge is 2.38. The van der Waals surface area contributed by atoms with Crippen LogP contribution in [0.25, 0.3) is 11.3 Å². The molecule has 0 aliphatic carbocycles. The van der Waals surface area contributed by atoms with Crippen LogP contribution in [0, 0.1) is 0 Å². The van der Waals surface area contributed by atoms with Gasteiger partial charge in [0.15, 0.2) is 5.69 Å². The maximum Gasteiger partial charge on any atom is 0.391 e. The number of alkyl halides is 3. The Bertz CT molecular complexity index is 972. The number of anilines is 1. The van der Waals surface area contributed by atoms with Gasteiger partial charge in [0.25, 0.3) is 0 Å². The minimum absolute atomic E-state index is 0.0345. The van der Waals surface area contributed by atoms with E-state index in [1.807, 2.05) is 13.8 Å². The average Bonchev–Trinajstić information content (AvgIpc) is 2.95. The fourth-order valence-corrected chi connectivity index (χ4v) is 4.06. The molecule has 0 bridgehead atoms. The molecule has 10 heteroatoms. The molecule has 2 atom stereocenters. The molecule has 2 aromatic rings. The van der Waals surface area contributed by atoms with Crippen molar-refractivity contribution in [2.24, 2.45) is 0 Å². The Kier molecular flexibility index (Phi) is 5.79. The lowest BCUT2D eigenvalue weighted by atomic mass is 9.86. The number of nitrogens with zero attached hydrogens (tertiary/aromatic N) is 3. The number of carbonyl (C=O) groups is 1. The highest BCUT2D eigenvalue weighted by Crippen LogP contribution is 2.46. The maximum atomic E-state index is 12.9. The molecule has 0 aromatic carbocycles. The summed E-state index contributed by atoms with van der Waals surface area (Å²) < 4.78 is 45.3. The molecular weight excluding hydrogens is 421 g/mol. The molecule has 1 aliphatic rings. The van der Waals surface area contributed by atoms with Gasteiger partial charge in [0.05, 0.1) is 24.8 Å². The van der Waals surface area contributed by atoms with E-state index in [0.29, 0.717) is 17.1 Å². The number of esters is 1. The van der Waals surface area contributed by atoms with E-state index >= 15 is 0 Å². The molecule has 30 heavy (non-hydrogen) atoms. The van der Waals surface area contributed by atoms with Gasteiger partial charge in [-0.1, -0.05) is 18.5 Å². The van der Waals surface area contributed by atoms with Crippen molar-refractivity contribution in [1.82, 2.24) is 14.8 Å². The van der Waals surface area contributed by atoms with E-state index in [9.17, 15) is 18.0 Å². The summed E-state index contributed by atoms with van der Waals surface area (Å²) in [5, 5.41) is 7.42. The predicted molar refractivity (Wildman–Crippen MR) is 108 cm³/mol. The summed E-state index contributed by atoms with van der Waals surface area (Å²) in [4.78, 5) is 16.5. The average molecular weight is 445 g/mol. The first-order valence-electron chi connectivity index (χ1n) is 9.65. The summed E-state index contributed by atoms with van der Waals surface area (Å²) in [7, 11) is 0. The summed E-state index contributed by atoms with van der Waals surface area (Å²) in [5.41, 5.74) is 0.919. The zero-order chi connectivity index (χ0) is 22.4. The van der Waals surface area contributed by atoms with Crippen LogP contribution in [0.2, 0.25) is 5.02 Å². The SMILES string of the molecule is CCOC(=O)c1nn2c(c1Cl)-c1cnc(NC(C)(C)CC(F)(F)F)cc1C(C)C2C. The van der Waals surface area contributed by atoms with E-state index in [0.717, 1.165) is 5.56 Å². The van der Waals surface area contributed by atoms with Gasteiger partial charge < -0.3 is 10.1 Å². The fourth-order valence-electron chi connectivity index (χ4n) is 3.76. The lowest BCUT2D eigenvalue weighted by Crippen LogP contribution is -2.36. The zero-order valence-electron chi connectivity index (χ0n) is 17.4. The van der Waals surface area contributed by atoms with Crippen LogP contribution in [0.4, 0.5) is 19.0 Å². The monoisotopic (exact) mass is 444 g/mol. The summed E-state index contributed by atoms with van der Waals surface area (Å²) in [6.45, 7) is 8.77. The predicted octanol–water partition coefficient (Wildman–Crippen LogP) is 5.60. The first-order valence-corrected chi connectivity index (χ1v) is 10.0. The minimum Gasteiger partial charge on any atom is -0.461 e. The van der Waals surface area contributed by atoms with Crippen LogP contribution in [0.3, 0.4) is 0 Å². The van der Waals surface area contributed by atoms with Gasteiger partial charge in [-0.15, -0.1) is 0 Å². The number of fused-ring (bicyclic) bond motifs is 3. The minimum atomic E-state index is -4.30. The Morgan fingerprint density at radius 2 is 2.00 bits per heavy atom. The first kappa shape index (κ1) is 22.4. The number of hydrogen-bond acceptors (Lipinski definition) is 5. The molecule has 164 valence electrons. The van der Waals surface area contributed by atoms with E-state index in [-0.39, 0.29) is 29.3 Å².